The molecule has 0 spiro atoms. The molecule has 0 saturated heterocycles. The molecule has 0 bridgehead atoms. The van der Waals surface area contributed by atoms with Crippen molar-refractivity contribution in [2.24, 2.45) is 0 Å². The van der Waals surface area contributed by atoms with Gasteiger partial charge in [-0.1, -0.05) is 24.3 Å². The van der Waals surface area contributed by atoms with Crippen LogP contribution in [-0.2, 0) is 6.54 Å². The molecule has 1 nitrogen and oxygen atoms in total. The Morgan fingerprint density at radius 3 is 2.43 bits per heavy atom. The monoisotopic (exact) mass is 208 g/mol. The highest BCUT2D eigenvalue weighted by molar-refractivity contribution is 7.81. The molecule has 0 unspecified atom stereocenters. The quantitative estimate of drug-likeness (QED) is 0.744. The Bertz CT molecular complexity index is 263. The van der Waals surface area contributed by atoms with Crippen molar-refractivity contribution in [1.82, 2.24) is 4.90 Å². The van der Waals surface area contributed by atoms with Crippen LogP contribution in [0, 0.1) is 6.07 Å². The lowest BCUT2D eigenvalue weighted by molar-refractivity contribution is 0.303. The van der Waals surface area contributed by atoms with Crippen molar-refractivity contribution in [3.63, 3.8) is 0 Å². The van der Waals surface area contributed by atoms with E-state index in [0.717, 1.165) is 13.1 Å². The smallest absolute Gasteiger partial charge is 0.0231 e. The van der Waals surface area contributed by atoms with Crippen LogP contribution >= 0.6 is 12.6 Å². The van der Waals surface area contributed by atoms with Gasteiger partial charge >= 0.3 is 0 Å². The van der Waals surface area contributed by atoms with Gasteiger partial charge in [-0.3, -0.25) is 0 Å². The van der Waals surface area contributed by atoms with Crippen molar-refractivity contribution >= 4 is 12.6 Å². The Hall–Kier alpha value is -0.470. The Morgan fingerprint density at radius 2 is 1.93 bits per heavy atom. The van der Waals surface area contributed by atoms with Crippen LogP contribution in [0.15, 0.2) is 24.3 Å². The van der Waals surface area contributed by atoms with Crippen LogP contribution in [-0.4, -0.2) is 23.2 Å². The SMILES string of the molecule is CN(Cc1cc[c]cc1)CC(C)(C)S. The molecule has 0 heterocycles. The van der Waals surface area contributed by atoms with Gasteiger partial charge in [-0.25, -0.2) is 0 Å². The summed E-state index contributed by atoms with van der Waals surface area (Å²) in [5.41, 5.74) is 1.32. The minimum atomic E-state index is 0.0651. The van der Waals surface area contributed by atoms with Crippen LogP contribution in [0.25, 0.3) is 0 Å². The van der Waals surface area contributed by atoms with Crippen LogP contribution in [0.5, 0.6) is 0 Å². The minimum Gasteiger partial charge on any atom is -0.301 e. The molecule has 77 valence electrons. The van der Waals surface area contributed by atoms with Crippen molar-refractivity contribution in [1.29, 1.82) is 0 Å². The van der Waals surface area contributed by atoms with Crippen molar-refractivity contribution in [3.05, 3.63) is 35.9 Å². The highest BCUT2D eigenvalue weighted by Gasteiger charge is 2.14. The van der Waals surface area contributed by atoms with Gasteiger partial charge < -0.3 is 4.90 Å². The molecule has 0 N–H and O–H groups in total. The van der Waals surface area contributed by atoms with E-state index in [4.69, 9.17) is 0 Å². The second-order valence-electron chi connectivity index (χ2n) is 4.39. The van der Waals surface area contributed by atoms with Crippen molar-refractivity contribution in [3.8, 4) is 0 Å². The lowest BCUT2D eigenvalue weighted by Crippen LogP contribution is -2.31. The molecule has 1 rings (SSSR count). The molecule has 0 saturated carbocycles. The zero-order valence-corrected chi connectivity index (χ0v) is 10.0. The van der Waals surface area contributed by atoms with Crippen LogP contribution in [0.4, 0.5) is 0 Å². The van der Waals surface area contributed by atoms with E-state index in [-0.39, 0.29) is 4.75 Å². The summed E-state index contributed by atoms with van der Waals surface area (Å²) in [7, 11) is 2.12. The predicted octanol–water partition coefficient (Wildman–Crippen LogP) is 2.63. The van der Waals surface area contributed by atoms with Gasteiger partial charge in [0.2, 0.25) is 0 Å². The van der Waals surface area contributed by atoms with Gasteiger partial charge in [-0.05, 0) is 32.5 Å². The van der Waals surface area contributed by atoms with E-state index < -0.39 is 0 Å². The Morgan fingerprint density at radius 1 is 1.36 bits per heavy atom. The summed E-state index contributed by atoms with van der Waals surface area (Å²) < 4.78 is 0.0651. The van der Waals surface area contributed by atoms with Crippen LogP contribution < -0.4 is 0 Å². The van der Waals surface area contributed by atoms with Crippen LogP contribution in [0.1, 0.15) is 19.4 Å². The molecule has 0 fully saturated rings. The lowest BCUT2D eigenvalue weighted by Gasteiger charge is -2.25. The zero-order chi connectivity index (χ0) is 10.6. The van der Waals surface area contributed by atoms with E-state index in [9.17, 15) is 0 Å². The first-order chi connectivity index (χ1) is 6.47. The number of nitrogens with zero attached hydrogens (tertiary/aromatic N) is 1. The fraction of sp³-hybridized carbons (Fsp3) is 0.500. The molecule has 0 aliphatic heterocycles. The average Bonchev–Trinajstić information content (AvgIpc) is 2.02. The van der Waals surface area contributed by atoms with E-state index in [1.807, 2.05) is 12.1 Å². The predicted molar refractivity (Wildman–Crippen MR) is 64.7 cm³/mol. The Kier molecular flexibility index (Phi) is 4.02. The van der Waals surface area contributed by atoms with Gasteiger partial charge in [0.25, 0.3) is 0 Å². The summed E-state index contributed by atoms with van der Waals surface area (Å²) in [6.07, 6.45) is 0. The number of rotatable bonds is 4. The summed E-state index contributed by atoms with van der Waals surface area (Å²) in [5, 5.41) is 0. The first-order valence-corrected chi connectivity index (χ1v) is 5.28. The molecule has 14 heavy (non-hydrogen) atoms. The molecule has 0 aliphatic rings. The maximum Gasteiger partial charge on any atom is 0.0231 e. The topological polar surface area (TPSA) is 3.24 Å². The van der Waals surface area contributed by atoms with Crippen LogP contribution in [0.3, 0.4) is 0 Å². The highest BCUT2D eigenvalue weighted by Crippen LogP contribution is 2.14. The average molecular weight is 208 g/mol. The summed E-state index contributed by atoms with van der Waals surface area (Å²) in [6.45, 7) is 6.21. The van der Waals surface area contributed by atoms with Crippen molar-refractivity contribution in [2.45, 2.75) is 25.1 Å². The lowest BCUT2D eigenvalue weighted by atomic mass is 10.1. The number of thiol groups is 1. The molecule has 0 amide bonds. The standard InChI is InChI=1S/C12H18NS/c1-12(2,14)10-13(3)9-11-7-5-4-6-8-11/h5-8,14H,9-10H2,1-3H3. The summed E-state index contributed by atoms with van der Waals surface area (Å²) in [5.74, 6) is 0. The summed E-state index contributed by atoms with van der Waals surface area (Å²) >= 11 is 4.51. The maximum absolute atomic E-state index is 4.51. The van der Waals surface area contributed by atoms with Gasteiger partial charge in [0.1, 0.15) is 0 Å². The van der Waals surface area contributed by atoms with Crippen molar-refractivity contribution in [2.75, 3.05) is 13.6 Å². The third-order valence-corrected chi connectivity index (χ3v) is 2.04. The molecular formula is C12H18NS. The summed E-state index contributed by atoms with van der Waals surface area (Å²) in [4.78, 5) is 2.28. The fourth-order valence-corrected chi connectivity index (χ4v) is 1.80. The molecule has 0 aliphatic carbocycles. The van der Waals surface area contributed by atoms with E-state index in [1.165, 1.54) is 5.56 Å². The number of benzene rings is 1. The molecule has 1 aromatic rings. The molecule has 1 aromatic carbocycles. The highest BCUT2D eigenvalue weighted by atomic mass is 32.1. The second-order valence-corrected chi connectivity index (χ2v) is 5.60. The van der Waals surface area contributed by atoms with Gasteiger partial charge in [0, 0.05) is 17.8 Å². The molecular weight excluding hydrogens is 190 g/mol. The van der Waals surface area contributed by atoms with Gasteiger partial charge in [0.05, 0.1) is 0 Å². The Labute approximate surface area is 92.5 Å². The van der Waals surface area contributed by atoms with E-state index in [1.54, 1.807) is 0 Å². The first kappa shape index (κ1) is 11.6. The van der Waals surface area contributed by atoms with Gasteiger partial charge in [0.15, 0.2) is 0 Å². The van der Waals surface area contributed by atoms with E-state index >= 15 is 0 Å². The third kappa shape index (κ3) is 4.68. The number of hydrogen-bond acceptors (Lipinski definition) is 2. The van der Waals surface area contributed by atoms with Gasteiger partial charge in [-0.2, -0.15) is 12.6 Å². The maximum atomic E-state index is 4.51. The molecule has 0 aromatic heterocycles. The minimum absolute atomic E-state index is 0.0651. The van der Waals surface area contributed by atoms with E-state index in [2.05, 4.69) is 56.6 Å². The first-order valence-electron chi connectivity index (χ1n) is 4.83. The van der Waals surface area contributed by atoms with E-state index in [0.29, 0.717) is 0 Å². The summed E-state index contributed by atoms with van der Waals surface area (Å²) in [6, 6.07) is 11.1. The Balaban J connectivity index is 2.46. The fourth-order valence-electron chi connectivity index (χ4n) is 1.55. The van der Waals surface area contributed by atoms with Crippen molar-refractivity contribution < 1.29 is 0 Å². The van der Waals surface area contributed by atoms with Gasteiger partial charge in [-0.15, -0.1) is 0 Å². The largest absolute Gasteiger partial charge is 0.301 e. The molecule has 0 atom stereocenters. The molecule has 1 radical (unpaired) electrons. The third-order valence-electron chi connectivity index (χ3n) is 1.90. The normalized spacial score (nSPS) is 12.1. The van der Waals surface area contributed by atoms with Crippen LogP contribution in [0.2, 0.25) is 0 Å². The number of hydrogen-bond donors (Lipinski definition) is 1. The molecule has 2 heteroatoms. The zero-order valence-electron chi connectivity index (χ0n) is 9.12. The second kappa shape index (κ2) is 4.85.